The number of carbonyl (C=O) groups excluding carboxylic acids is 2. The van der Waals surface area contributed by atoms with E-state index in [9.17, 15) is 9.59 Å². The van der Waals surface area contributed by atoms with Crippen molar-refractivity contribution in [1.29, 1.82) is 0 Å². The zero-order chi connectivity index (χ0) is 16.5. The Morgan fingerprint density at radius 1 is 0.913 bits per heavy atom. The maximum absolute atomic E-state index is 12.1. The number of rotatable bonds is 6. The number of ether oxygens (including phenoxy) is 2. The molecule has 0 bridgehead atoms. The van der Waals surface area contributed by atoms with Crippen LogP contribution >= 0.6 is 0 Å². The highest BCUT2D eigenvalue weighted by Gasteiger charge is 2.12. The molecule has 2 N–H and O–H groups in total. The first kappa shape index (κ1) is 16.4. The van der Waals surface area contributed by atoms with Crippen molar-refractivity contribution in [1.82, 2.24) is 10.9 Å². The van der Waals surface area contributed by atoms with E-state index in [0.717, 1.165) is 0 Å². The van der Waals surface area contributed by atoms with Crippen LogP contribution in [-0.4, -0.2) is 25.0 Å². The fraction of sp³-hybridized carbons (Fsp3) is 0.176. The lowest BCUT2D eigenvalue weighted by Crippen LogP contribution is -2.43. The Kier molecular flexibility index (Phi) is 5.99. The molecule has 2 aromatic rings. The predicted molar refractivity (Wildman–Crippen MR) is 85.2 cm³/mol. The van der Waals surface area contributed by atoms with Gasteiger partial charge in [-0.05, 0) is 31.2 Å². The molecule has 0 spiro atoms. The van der Waals surface area contributed by atoms with Crippen LogP contribution < -0.4 is 20.3 Å². The van der Waals surface area contributed by atoms with Gasteiger partial charge in [0.15, 0.2) is 6.61 Å². The zero-order valence-corrected chi connectivity index (χ0v) is 12.7. The molecule has 6 heteroatoms. The van der Waals surface area contributed by atoms with Crippen LogP contribution in [-0.2, 0) is 4.79 Å². The Hall–Kier alpha value is -3.02. The van der Waals surface area contributed by atoms with E-state index < -0.39 is 11.8 Å². The number of carbonyl (C=O) groups is 2. The molecule has 0 saturated heterocycles. The Bertz CT molecular complexity index is 659. The van der Waals surface area contributed by atoms with E-state index in [-0.39, 0.29) is 6.61 Å². The van der Waals surface area contributed by atoms with Crippen molar-refractivity contribution in [3.8, 4) is 11.5 Å². The number of para-hydroxylation sites is 2. The first-order valence-corrected chi connectivity index (χ1v) is 7.19. The van der Waals surface area contributed by atoms with Crippen molar-refractivity contribution in [2.45, 2.75) is 6.92 Å². The minimum Gasteiger partial charge on any atom is -0.493 e. The lowest BCUT2D eigenvalue weighted by molar-refractivity contribution is -0.123. The largest absolute Gasteiger partial charge is 0.493 e. The smallest absolute Gasteiger partial charge is 0.276 e. The summed E-state index contributed by atoms with van der Waals surface area (Å²) in [7, 11) is 0. The summed E-state index contributed by atoms with van der Waals surface area (Å²) >= 11 is 0. The second-order valence-corrected chi connectivity index (χ2v) is 4.53. The Balaban J connectivity index is 1.83. The van der Waals surface area contributed by atoms with Gasteiger partial charge < -0.3 is 9.47 Å². The van der Waals surface area contributed by atoms with Crippen LogP contribution in [0.3, 0.4) is 0 Å². The lowest BCUT2D eigenvalue weighted by atomic mass is 10.2. The molecule has 0 fully saturated rings. The van der Waals surface area contributed by atoms with Crippen LogP contribution in [0, 0.1) is 0 Å². The summed E-state index contributed by atoms with van der Waals surface area (Å²) in [6.07, 6.45) is 0. The van der Waals surface area contributed by atoms with Crippen LogP contribution in [0.5, 0.6) is 11.5 Å². The number of hydrazine groups is 1. The van der Waals surface area contributed by atoms with Gasteiger partial charge in [-0.25, -0.2) is 0 Å². The minimum atomic E-state index is -0.462. The van der Waals surface area contributed by atoms with Crippen molar-refractivity contribution in [3.05, 3.63) is 60.2 Å². The topological polar surface area (TPSA) is 76.7 Å². The van der Waals surface area contributed by atoms with Crippen molar-refractivity contribution in [2.24, 2.45) is 0 Å². The average molecular weight is 314 g/mol. The maximum Gasteiger partial charge on any atom is 0.276 e. The van der Waals surface area contributed by atoms with E-state index in [4.69, 9.17) is 9.47 Å². The highest BCUT2D eigenvalue weighted by atomic mass is 16.5. The predicted octanol–water partition coefficient (Wildman–Crippen LogP) is 1.93. The molecule has 0 aliphatic rings. The Morgan fingerprint density at radius 2 is 1.61 bits per heavy atom. The van der Waals surface area contributed by atoms with E-state index in [2.05, 4.69) is 10.9 Å². The molecule has 2 rings (SSSR count). The standard InChI is InChI=1S/C17H18N2O4/c1-2-22-15-11-7-6-10-14(15)17(21)19-18-16(20)12-23-13-8-4-3-5-9-13/h3-11H,2,12H2,1H3,(H,18,20)(H,19,21). The van der Waals surface area contributed by atoms with Crippen molar-refractivity contribution in [2.75, 3.05) is 13.2 Å². The van der Waals surface area contributed by atoms with E-state index in [1.165, 1.54) is 0 Å². The first-order chi connectivity index (χ1) is 11.2. The molecule has 0 saturated carbocycles. The molecule has 0 unspecified atom stereocenters. The number of amides is 2. The molecule has 0 aliphatic heterocycles. The zero-order valence-electron chi connectivity index (χ0n) is 12.7. The van der Waals surface area contributed by atoms with E-state index >= 15 is 0 Å². The number of hydrogen-bond donors (Lipinski definition) is 2. The Labute approximate surface area is 134 Å². The second-order valence-electron chi connectivity index (χ2n) is 4.53. The van der Waals surface area contributed by atoms with E-state index in [1.807, 2.05) is 13.0 Å². The van der Waals surface area contributed by atoms with Gasteiger partial charge in [-0.15, -0.1) is 0 Å². The minimum absolute atomic E-state index is 0.197. The summed E-state index contributed by atoms with van der Waals surface area (Å²) < 4.78 is 10.7. The summed E-state index contributed by atoms with van der Waals surface area (Å²) in [5.41, 5.74) is 4.98. The molecular weight excluding hydrogens is 296 g/mol. The number of hydrogen-bond acceptors (Lipinski definition) is 4. The summed E-state index contributed by atoms with van der Waals surface area (Å²) in [5, 5.41) is 0. The first-order valence-electron chi connectivity index (χ1n) is 7.19. The van der Waals surface area contributed by atoms with Crippen molar-refractivity contribution < 1.29 is 19.1 Å². The molecule has 0 heterocycles. The van der Waals surface area contributed by atoms with Gasteiger partial charge in [-0.2, -0.15) is 0 Å². The number of benzene rings is 2. The fourth-order valence-corrected chi connectivity index (χ4v) is 1.83. The SMILES string of the molecule is CCOc1ccccc1C(=O)NNC(=O)COc1ccccc1. The highest BCUT2D eigenvalue weighted by Crippen LogP contribution is 2.17. The van der Waals surface area contributed by atoms with Gasteiger partial charge in [-0.3, -0.25) is 20.4 Å². The van der Waals surface area contributed by atoms with Crippen LogP contribution in [0.15, 0.2) is 54.6 Å². The molecule has 0 aromatic heterocycles. The van der Waals surface area contributed by atoms with Gasteiger partial charge in [0.05, 0.1) is 12.2 Å². The van der Waals surface area contributed by atoms with Crippen LogP contribution in [0.4, 0.5) is 0 Å². The molecule has 120 valence electrons. The summed E-state index contributed by atoms with van der Waals surface area (Å²) in [4.78, 5) is 23.8. The molecule has 2 aromatic carbocycles. The lowest BCUT2D eigenvalue weighted by Gasteiger charge is -2.11. The fourth-order valence-electron chi connectivity index (χ4n) is 1.83. The van der Waals surface area contributed by atoms with Gasteiger partial charge >= 0.3 is 0 Å². The van der Waals surface area contributed by atoms with Gasteiger partial charge in [0.1, 0.15) is 11.5 Å². The monoisotopic (exact) mass is 314 g/mol. The van der Waals surface area contributed by atoms with Gasteiger partial charge in [0.2, 0.25) is 0 Å². The number of nitrogens with one attached hydrogen (secondary N) is 2. The summed E-state index contributed by atoms with van der Waals surface area (Å²) in [5.74, 6) is 0.121. The van der Waals surface area contributed by atoms with Gasteiger partial charge in [0, 0.05) is 0 Å². The van der Waals surface area contributed by atoms with Crippen LogP contribution in [0.2, 0.25) is 0 Å². The van der Waals surface area contributed by atoms with Crippen LogP contribution in [0.1, 0.15) is 17.3 Å². The Morgan fingerprint density at radius 3 is 2.35 bits per heavy atom. The second kappa shape index (κ2) is 8.43. The third kappa shape index (κ3) is 5.03. The van der Waals surface area contributed by atoms with Crippen molar-refractivity contribution >= 4 is 11.8 Å². The quantitative estimate of drug-likeness (QED) is 0.799. The molecule has 23 heavy (non-hydrogen) atoms. The van der Waals surface area contributed by atoms with Gasteiger partial charge in [-0.1, -0.05) is 30.3 Å². The normalized spacial score (nSPS) is 9.78. The maximum atomic E-state index is 12.1. The summed E-state index contributed by atoms with van der Waals surface area (Å²) in [6, 6.07) is 15.7. The molecule has 6 nitrogen and oxygen atoms in total. The molecule has 0 aliphatic carbocycles. The van der Waals surface area contributed by atoms with Gasteiger partial charge in [0.25, 0.3) is 11.8 Å². The van der Waals surface area contributed by atoms with E-state index in [0.29, 0.717) is 23.7 Å². The highest BCUT2D eigenvalue weighted by molar-refractivity contribution is 5.97. The third-order valence-electron chi connectivity index (χ3n) is 2.86. The summed E-state index contributed by atoms with van der Waals surface area (Å²) in [6.45, 7) is 2.08. The van der Waals surface area contributed by atoms with E-state index in [1.54, 1.807) is 48.5 Å². The molecule has 0 atom stereocenters. The average Bonchev–Trinajstić information content (AvgIpc) is 2.59. The molecular formula is C17H18N2O4. The molecule has 0 radical (unpaired) electrons. The third-order valence-corrected chi connectivity index (χ3v) is 2.86. The van der Waals surface area contributed by atoms with Crippen molar-refractivity contribution in [3.63, 3.8) is 0 Å². The van der Waals surface area contributed by atoms with Crippen LogP contribution in [0.25, 0.3) is 0 Å². The molecule has 2 amide bonds.